The number of benzene rings is 1. The van der Waals surface area contributed by atoms with Gasteiger partial charge < -0.3 is 4.90 Å². The van der Waals surface area contributed by atoms with E-state index in [1.165, 1.54) is 5.56 Å². The lowest BCUT2D eigenvalue weighted by atomic mass is 10.0. The molecular weight excluding hydrogens is 402 g/mol. The summed E-state index contributed by atoms with van der Waals surface area (Å²) in [5.41, 5.74) is 5.06. The molecule has 1 aromatic carbocycles. The molecule has 8 nitrogen and oxygen atoms in total. The molecular formula is C24H27N7O. The second kappa shape index (κ2) is 8.55. The first-order valence-electron chi connectivity index (χ1n) is 10.9. The highest BCUT2D eigenvalue weighted by Crippen LogP contribution is 2.29. The van der Waals surface area contributed by atoms with E-state index in [1.54, 1.807) is 10.9 Å². The summed E-state index contributed by atoms with van der Waals surface area (Å²) in [7, 11) is 1.93. The van der Waals surface area contributed by atoms with Crippen LogP contribution in [0.1, 0.15) is 11.3 Å². The number of aromatic nitrogens is 5. The Morgan fingerprint density at radius 2 is 1.84 bits per heavy atom. The zero-order valence-corrected chi connectivity index (χ0v) is 18.5. The van der Waals surface area contributed by atoms with Gasteiger partial charge in [0.25, 0.3) is 0 Å². The number of rotatable bonds is 5. The van der Waals surface area contributed by atoms with Gasteiger partial charge in [0.15, 0.2) is 5.65 Å². The lowest BCUT2D eigenvalue weighted by Crippen LogP contribution is -2.49. The lowest BCUT2D eigenvalue weighted by Gasteiger charge is -2.34. The first-order valence-corrected chi connectivity index (χ1v) is 10.9. The van der Waals surface area contributed by atoms with Gasteiger partial charge in [-0.1, -0.05) is 30.3 Å². The first kappa shape index (κ1) is 20.4. The Morgan fingerprint density at radius 1 is 1.06 bits per heavy atom. The van der Waals surface area contributed by atoms with Gasteiger partial charge >= 0.3 is 0 Å². The number of hydrogen-bond acceptors (Lipinski definition) is 5. The molecule has 0 unspecified atom stereocenters. The van der Waals surface area contributed by atoms with E-state index in [1.807, 2.05) is 60.2 Å². The normalized spacial score (nSPS) is 14.9. The number of amides is 1. The number of hydrogen-bond donors (Lipinski definition) is 0. The van der Waals surface area contributed by atoms with E-state index < -0.39 is 0 Å². The van der Waals surface area contributed by atoms with Crippen molar-refractivity contribution in [3.05, 3.63) is 66.2 Å². The molecule has 1 fully saturated rings. The monoisotopic (exact) mass is 429 g/mol. The molecule has 3 aromatic heterocycles. The van der Waals surface area contributed by atoms with Crippen LogP contribution >= 0.6 is 0 Å². The molecule has 8 heteroatoms. The second-order valence-electron chi connectivity index (χ2n) is 8.35. The van der Waals surface area contributed by atoms with Crippen LogP contribution in [-0.4, -0.2) is 66.4 Å². The zero-order valence-electron chi connectivity index (χ0n) is 18.5. The van der Waals surface area contributed by atoms with Crippen molar-refractivity contribution < 1.29 is 4.79 Å². The van der Waals surface area contributed by atoms with Crippen LogP contribution in [-0.2, 0) is 24.9 Å². The molecule has 0 spiro atoms. The number of fused-ring (bicyclic) bond motifs is 1. The summed E-state index contributed by atoms with van der Waals surface area (Å²) < 4.78 is 3.57. The number of pyridine rings is 1. The van der Waals surface area contributed by atoms with Crippen LogP contribution in [0.5, 0.6) is 0 Å². The first-order chi connectivity index (χ1) is 15.6. The average molecular weight is 430 g/mol. The van der Waals surface area contributed by atoms with Gasteiger partial charge in [-0.05, 0) is 24.1 Å². The number of carbonyl (C=O) groups excluding carboxylic acids is 1. The zero-order chi connectivity index (χ0) is 22.1. The van der Waals surface area contributed by atoms with Gasteiger partial charge in [-0.2, -0.15) is 10.2 Å². The summed E-state index contributed by atoms with van der Waals surface area (Å²) in [6, 6.07) is 12.2. The molecule has 1 aliphatic heterocycles. The van der Waals surface area contributed by atoms with Gasteiger partial charge in [0.05, 0.1) is 11.9 Å². The molecule has 164 valence electrons. The fraction of sp³-hybridized carbons (Fsp3) is 0.333. The van der Waals surface area contributed by atoms with E-state index in [2.05, 4.69) is 32.2 Å². The molecule has 0 bridgehead atoms. The van der Waals surface area contributed by atoms with Gasteiger partial charge in [-0.25, -0.2) is 9.67 Å². The summed E-state index contributed by atoms with van der Waals surface area (Å²) in [6.45, 7) is 6.21. The fourth-order valence-corrected chi connectivity index (χ4v) is 4.45. The summed E-state index contributed by atoms with van der Waals surface area (Å²) in [4.78, 5) is 21.9. The predicted molar refractivity (Wildman–Crippen MR) is 123 cm³/mol. The van der Waals surface area contributed by atoms with E-state index >= 15 is 0 Å². The third kappa shape index (κ3) is 4.01. The molecule has 1 aliphatic rings. The minimum atomic E-state index is 0.0855. The van der Waals surface area contributed by atoms with Gasteiger partial charge in [0.1, 0.15) is 6.54 Å². The summed E-state index contributed by atoms with van der Waals surface area (Å²) in [5.74, 6) is 0.0855. The molecule has 1 saturated heterocycles. The highest BCUT2D eigenvalue weighted by atomic mass is 16.2. The maximum absolute atomic E-state index is 13.0. The molecule has 4 aromatic rings. The number of piperazine rings is 1. The fourth-order valence-electron chi connectivity index (χ4n) is 4.45. The highest BCUT2D eigenvalue weighted by Gasteiger charge is 2.23. The Bertz CT molecular complexity index is 1240. The minimum absolute atomic E-state index is 0.0855. The lowest BCUT2D eigenvalue weighted by molar-refractivity contribution is -0.133. The Balaban J connectivity index is 1.28. The topological polar surface area (TPSA) is 72.1 Å². The highest BCUT2D eigenvalue weighted by molar-refractivity contribution is 5.95. The Labute approximate surface area is 187 Å². The maximum Gasteiger partial charge on any atom is 0.244 e. The SMILES string of the molecule is Cc1nn(CC(=O)N2CCN(Cc3cnn(C)c3)CC2)c2nccc(-c3ccccc3)c12. The summed E-state index contributed by atoms with van der Waals surface area (Å²) in [5, 5.41) is 9.91. The minimum Gasteiger partial charge on any atom is -0.339 e. The number of carbonyl (C=O) groups is 1. The summed E-state index contributed by atoms with van der Waals surface area (Å²) >= 11 is 0. The van der Waals surface area contributed by atoms with Crippen LogP contribution in [0.4, 0.5) is 0 Å². The van der Waals surface area contributed by atoms with Crippen LogP contribution < -0.4 is 0 Å². The third-order valence-corrected chi connectivity index (χ3v) is 6.07. The molecule has 0 atom stereocenters. The van der Waals surface area contributed by atoms with Gasteiger partial charge in [-0.3, -0.25) is 14.4 Å². The van der Waals surface area contributed by atoms with Crippen molar-refractivity contribution in [3.8, 4) is 11.1 Å². The van der Waals surface area contributed by atoms with Gasteiger partial charge in [-0.15, -0.1) is 0 Å². The third-order valence-electron chi connectivity index (χ3n) is 6.07. The van der Waals surface area contributed by atoms with Crippen molar-refractivity contribution in [2.75, 3.05) is 26.2 Å². The largest absolute Gasteiger partial charge is 0.339 e. The smallest absolute Gasteiger partial charge is 0.244 e. The van der Waals surface area contributed by atoms with Gasteiger partial charge in [0, 0.05) is 63.1 Å². The summed E-state index contributed by atoms with van der Waals surface area (Å²) in [6.07, 6.45) is 5.74. The van der Waals surface area contributed by atoms with Crippen LogP contribution in [0.15, 0.2) is 55.0 Å². The average Bonchev–Trinajstić information content (AvgIpc) is 3.37. The van der Waals surface area contributed by atoms with E-state index in [-0.39, 0.29) is 12.5 Å². The van der Waals surface area contributed by atoms with Crippen molar-refractivity contribution in [1.82, 2.24) is 34.3 Å². The molecule has 4 heterocycles. The van der Waals surface area contributed by atoms with Crippen LogP contribution in [0.3, 0.4) is 0 Å². The Kier molecular flexibility index (Phi) is 5.45. The predicted octanol–water partition coefficient (Wildman–Crippen LogP) is 2.48. The maximum atomic E-state index is 13.0. The standard InChI is InChI=1S/C24H27N7O/c1-18-23-21(20-6-4-3-5-7-20)8-9-25-24(23)31(27-18)17-22(32)30-12-10-29(11-13-30)16-19-14-26-28(2)15-19/h3-9,14-15H,10-13,16-17H2,1-2H3. The molecule has 0 N–H and O–H groups in total. The van der Waals surface area contributed by atoms with E-state index in [4.69, 9.17) is 0 Å². The molecule has 32 heavy (non-hydrogen) atoms. The van der Waals surface area contributed by atoms with E-state index in [0.29, 0.717) is 0 Å². The van der Waals surface area contributed by atoms with E-state index in [9.17, 15) is 4.79 Å². The molecule has 5 rings (SSSR count). The molecule has 0 saturated carbocycles. The van der Waals surface area contributed by atoms with Crippen molar-refractivity contribution in [3.63, 3.8) is 0 Å². The molecule has 0 aliphatic carbocycles. The van der Waals surface area contributed by atoms with Crippen LogP contribution in [0.25, 0.3) is 22.2 Å². The van der Waals surface area contributed by atoms with Crippen molar-refractivity contribution in [1.29, 1.82) is 0 Å². The second-order valence-corrected chi connectivity index (χ2v) is 8.35. The van der Waals surface area contributed by atoms with Gasteiger partial charge in [0.2, 0.25) is 5.91 Å². The van der Waals surface area contributed by atoms with Crippen molar-refractivity contribution >= 4 is 16.9 Å². The Hall–Kier alpha value is -3.52. The quantitative estimate of drug-likeness (QED) is 0.487. The van der Waals surface area contributed by atoms with Crippen molar-refractivity contribution in [2.24, 2.45) is 7.05 Å². The number of aryl methyl sites for hydroxylation is 2. The Morgan fingerprint density at radius 3 is 2.56 bits per heavy atom. The molecule has 0 radical (unpaired) electrons. The molecule has 1 amide bonds. The number of nitrogens with zero attached hydrogens (tertiary/aromatic N) is 7. The van der Waals surface area contributed by atoms with Crippen LogP contribution in [0.2, 0.25) is 0 Å². The van der Waals surface area contributed by atoms with Crippen LogP contribution in [0, 0.1) is 6.92 Å². The van der Waals surface area contributed by atoms with Crippen molar-refractivity contribution in [2.45, 2.75) is 20.0 Å². The van der Waals surface area contributed by atoms with E-state index in [0.717, 1.165) is 60.6 Å².